The van der Waals surface area contributed by atoms with E-state index < -0.39 is 24.1 Å². The summed E-state index contributed by atoms with van der Waals surface area (Å²) in [5, 5.41) is 81.9. The highest BCUT2D eigenvalue weighted by atomic mass is 16.6. The fraction of sp³-hybridized carbons (Fsp3) is 0.106. The summed E-state index contributed by atoms with van der Waals surface area (Å²) in [5.74, 6) is 6.12. The molecule has 6 aromatic carbocycles. The number of rotatable bonds is 10. The van der Waals surface area contributed by atoms with Crippen LogP contribution >= 0.6 is 0 Å². The fourth-order valence-corrected chi connectivity index (χ4v) is 7.30. The molecule has 0 radical (unpaired) electrons. The molecule has 0 spiro atoms. The van der Waals surface area contributed by atoms with E-state index in [-0.39, 0.29) is 61.7 Å². The molecule has 0 aliphatic heterocycles. The van der Waals surface area contributed by atoms with Crippen LogP contribution in [0.2, 0.25) is 0 Å². The third-order valence-corrected chi connectivity index (χ3v) is 9.69. The number of nitrogens with zero attached hydrogens (tertiary/aromatic N) is 8. The lowest BCUT2D eigenvalue weighted by atomic mass is 9.86. The number of benzene rings is 6. The van der Waals surface area contributed by atoms with Gasteiger partial charge in [0.05, 0.1) is 33.4 Å². The van der Waals surface area contributed by atoms with Crippen LogP contribution in [-0.2, 0) is 9.47 Å². The summed E-state index contributed by atoms with van der Waals surface area (Å²) < 4.78 is 11.5. The molecule has 0 saturated carbocycles. The average molecular weight is 765 g/mol. The Hall–Kier alpha value is -8.94. The van der Waals surface area contributed by atoms with Crippen molar-refractivity contribution in [3.05, 3.63) is 140 Å². The van der Waals surface area contributed by atoms with Gasteiger partial charge in [-0.1, -0.05) is 60.7 Å². The molecule has 0 aliphatic rings. The van der Waals surface area contributed by atoms with Crippen LogP contribution in [0.4, 0.5) is 0 Å². The van der Waals surface area contributed by atoms with Crippen LogP contribution in [0.15, 0.2) is 84.9 Å². The fourth-order valence-electron chi connectivity index (χ4n) is 7.30. The lowest BCUT2D eigenvalue weighted by molar-refractivity contribution is 0.00764. The highest BCUT2D eigenvalue weighted by molar-refractivity contribution is 6.25. The number of ether oxygens (including phenoxy) is 2. The van der Waals surface area contributed by atoms with Crippen molar-refractivity contribution < 1.29 is 19.1 Å². The number of hydrogen-bond donors (Lipinski definition) is 0. The van der Waals surface area contributed by atoms with Crippen molar-refractivity contribution in [3.63, 3.8) is 0 Å². The van der Waals surface area contributed by atoms with Crippen LogP contribution in [0, 0.1) is 45.3 Å². The minimum absolute atomic E-state index is 0.0557. The van der Waals surface area contributed by atoms with E-state index >= 15 is 0 Å². The third kappa shape index (κ3) is 7.17. The van der Waals surface area contributed by atoms with E-state index in [9.17, 15) is 52.3 Å². The van der Waals surface area contributed by atoms with Gasteiger partial charge < -0.3 is 31.1 Å². The largest absolute Gasteiger partial charge is 0.762 e. The number of carbonyl (C=O) groups is 2. The van der Waals surface area contributed by atoms with Gasteiger partial charge in [0.2, 0.25) is 0 Å². The monoisotopic (exact) mass is 764 g/mol. The molecule has 0 unspecified atom stereocenters. The lowest BCUT2D eigenvalue weighted by Crippen LogP contribution is -2.23. The van der Waals surface area contributed by atoms with Gasteiger partial charge in [-0.2, -0.15) is 21.0 Å². The van der Waals surface area contributed by atoms with Gasteiger partial charge >= 0.3 is 11.9 Å². The molecular formula is C47H24N8O4-4. The van der Waals surface area contributed by atoms with Crippen LogP contribution in [0.3, 0.4) is 0 Å². The Balaban J connectivity index is 1.30. The number of nitriles is 4. The van der Waals surface area contributed by atoms with E-state index in [0.29, 0.717) is 43.4 Å². The molecule has 2 atom stereocenters. The van der Waals surface area contributed by atoms with E-state index in [0.717, 1.165) is 0 Å². The molecule has 280 valence electrons. The highest BCUT2D eigenvalue weighted by Gasteiger charge is 2.24. The van der Waals surface area contributed by atoms with Crippen molar-refractivity contribution in [1.29, 1.82) is 21.0 Å². The summed E-state index contributed by atoms with van der Waals surface area (Å²) in [7, 11) is 0. The predicted octanol–water partition coefficient (Wildman–Crippen LogP) is 9.06. The Morgan fingerprint density at radius 3 is 1.02 bits per heavy atom. The van der Waals surface area contributed by atoms with Gasteiger partial charge in [-0.3, -0.25) is 0 Å². The Bertz CT molecular complexity index is 3020. The molecule has 0 fully saturated rings. The first-order chi connectivity index (χ1) is 28.6. The molecule has 0 heterocycles. The molecule has 0 amide bonds. The van der Waals surface area contributed by atoms with Gasteiger partial charge in [0.25, 0.3) is 0 Å². The van der Waals surface area contributed by atoms with E-state index in [1.54, 1.807) is 62.4 Å². The zero-order chi connectivity index (χ0) is 42.4. The first-order valence-corrected chi connectivity index (χ1v) is 17.7. The van der Waals surface area contributed by atoms with Crippen molar-refractivity contribution in [1.82, 2.24) is 0 Å². The maximum Gasteiger partial charge on any atom is 0.338 e. The second-order valence-electron chi connectivity index (χ2n) is 13.2. The van der Waals surface area contributed by atoms with Crippen molar-refractivity contribution in [3.8, 4) is 24.3 Å². The minimum atomic E-state index is -0.795. The number of hydrogen-bond acceptors (Lipinski definition) is 8. The summed E-state index contributed by atoms with van der Waals surface area (Å²) >= 11 is 0. The van der Waals surface area contributed by atoms with Gasteiger partial charge in [-0.05, 0) is 81.2 Å². The zero-order valence-electron chi connectivity index (χ0n) is 31.2. The van der Waals surface area contributed by atoms with Crippen molar-refractivity contribution in [2.45, 2.75) is 32.5 Å². The molecule has 12 nitrogen and oxygen atoms in total. The van der Waals surface area contributed by atoms with Crippen LogP contribution in [0.5, 0.6) is 0 Å². The smallest absolute Gasteiger partial charge is 0.338 e. The Kier molecular flexibility index (Phi) is 11.3. The van der Waals surface area contributed by atoms with Gasteiger partial charge in [0.1, 0.15) is 36.5 Å². The third-order valence-electron chi connectivity index (χ3n) is 9.69. The molecule has 0 aromatic heterocycles. The molecule has 6 rings (SSSR count). The van der Waals surface area contributed by atoms with Gasteiger partial charge in [-0.15, -0.1) is 0 Å². The Labute approximate surface area is 336 Å². The molecule has 59 heavy (non-hydrogen) atoms. The number of fused-ring (bicyclic) bond motifs is 4. The quantitative estimate of drug-likeness (QED) is 0.0563. The first-order valence-electron chi connectivity index (χ1n) is 17.7. The normalized spacial score (nSPS) is 11.2. The zero-order valence-corrected chi connectivity index (χ0v) is 31.2. The topological polar surface area (TPSA) is 237 Å². The van der Waals surface area contributed by atoms with Gasteiger partial charge in [0, 0.05) is 28.7 Å². The lowest BCUT2D eigenvalue weighted by Gasteiger charge is -2.20. The average Bonchev–Trinajstić information content (AvgIpc) is 3.25. The Morgan fingerprint density at radius 1 is 0.475 bits per heavy atom. The number of carbonyl (C=O) groups excluding carboxylic acids is 2. The maximum absolute atomic E-state index is 13.5. The standard InChI is InChI=1S/C47H24N8O4/c1-26(58-46(56)28-11-13-38-40(16-28)44(32(22-52)23-53)36-9-5-3-7-34(36)42(38)30(18-48)19-49)15-27(2)59-47(57)29-12-14-39-41(17-29)45(33(24-54)25-55)37-10-6-4-8-35(37)43(39)31(20-50)21-51/h3-14,16-17,26-27H,15H2,1-2H3/q-4/t26-,27-/m1/s1. The van der Waals surface area contributed by atoms with Crippen LogP contribution in [0.1, 0.15) is 63.2 Å². The number of esters is 2. The predicted molar refractivity (Wildman–Crippen MR) is 227 cm³/mol. The van der Waals surface area contributed by atoms with Crippen molar-refractivity contribution in [2.24, 2.45) is 0 Å². The molecule has 0 saturated heterocycles. The van der Waals surface area contributed by atoms with Crippen LogP contribution in [-0.4, -0.2) is 47.6 Å². The van der Waals surface area contributed by atoms with Crippen molar-refractivity contribution >= 4 is 101 Å². The summed E-state index contributed by atoms with van der Waals surface area (Å²) in [6, 6.07) is 30.0. The van der Waals surface area contributed by atoms with Gasteiger partial charge in [-0.25, -0.2) is 33.1 Å². The summed E-state index contributed by atoms with van der Waals surface area (Å²) in [4.78, 5) is 27.1. The molecule has 0 N–H and O–H groups in total. The van der Waals surface area contributed by atoms with Gasteiger partial charge in [0.15, 0.2) is 0 Å². The molecular weight excluding hydrogens is 741 g/mol. The Morgan fingerprint density at radius 2 is 0.746 bits per heavy atom. The summed E-state index contributed by atoms with van der Waals surface area (Å²) in [6.45, 7) is 3.21. The second-order valence-corrected chi connectivity index (χ2v) is 13.2. The molecule has 6 aromatic rings. The van der Waals surface area contributed by atoms with Crippen molar-refractivity contribution in [2.75, 3.05) is 0 Å². The second kappa shape index (κ2) is 16.8. The highest BCUT2D eigenvalue weighted by Crippen LogP contribution is 2.41. The molecule has 0 bridgehead atoms. The van der Waals surface area contributed by atoms with E-state index in [1.165, 1.54) is 36.4 Å². The van der Waals surface area contributed by atoms with E-state index in [4.69, 9.17) is 9.47 Å². The molecule has 0 aliphatic carbocycles. The first kappa shape index (κ1) is 39.7. The summed E-state index contributed by atoms with van der Waals surface area (Å²) in [5.41, 5.74) is 0.303. The maximum atomic E-state index is 13.5. The van der Waals surface area contributed by atoms with E-state index in [2.05, 4.69) is 0 Å². The van der Waals surface area contributed by atoms with Crippen LogP contribution in [0.25, 0.3) is 87.0 Å². The molecule has 12 heteroatoms. The number of allylic oxidation sites excluding steroid dienone is 4. The summed E-state index contributed by atoms with van der Waals surface area (Å²) in [6.07, 6.45) is -1.53. The minimum Gasteiger partial charge on any atom is -0.762 e. The SMILES string of the molecule is C[C@H](C[C@@H](C)OC(=O)c1ccc2c(C(=C=[N-])C#N)c3ccccc3c(C(=C=[N-])C#N)c2c1)OC(=O)c1ccc2c(C(=C=[N-])C#N)c3ccccc3c(C(=C=[N-])C#N)c2c1. The van der Waals surface area contributed by atoms with E-state index in [1.807, 2.05) is 47.8 Å². The van der Waals surface area contributed by atoms with Crippen LogP contribution < -0.4 is 0 Å².